The van der Waals surface area contributed by atoms with E-state index in [0.29, 0.717) is 5.82 Å². The third-order valence-corrected chi connectivity index (χ3v) is 3.33. The average Bonchev–Trinajstić information content (AvgIpc) is 2.84. The van der Waals surface area contributed by atoms with Gasteiger partial charge >= 0.3 is 0 Å². The van der Waals surface area contributed by atoms with Crippen LogP contribution in [0.2, 0.25) is 0 Å². The van der Waals surface area contributed by atoms with E-state index in [1.54, 1.807) is 6.33 Å². The molecular weight excluding hydrogens is 212 g/mol. The second kappa shape index (κ2) is 3.20. The number of rotatable bonds is 1. The van der Waals surface area contributed by atoms with Gasteiger partial charge in [-0.15, -0.1) is 10.2 Å². The minimum atomic E-state index is 0.585. The van der Waals surface area contributed by atoms with Gasteiger partial charge in [0.2, 0.25) is 0 Å². The quantitative estimate of drug-likeness (QED) is 0.753. The van der Waals surface area contributed by atoms with Crippen molar-refractivity contribution in [3.63, 3.8) is 0 Å². The summed E-state index contributed by atoms with van der Waals surface area (Å²) in [6.45, 7) is 2.65. The number of hydrogen-bond acceptors (Lipinski definition) is 6. The predicted octanol–water partition coefficient (Wildman–Crippen LogP) is 0.337. The maximum atomic E-state index is 5.60. The lowest BCUT2D eigenvalue weighted by Crippen LogP contribution is -2.32. The summed E-state index contributed by atoms with van der Waals surface area (Å²) in [6.07, 6.45) is 1.77. The third-order valence-electron chi connectivity index (χ3n) is 2.47. The third kappa shape index (κ3) is 1.44. The van der Waals surface area contributed by atoms with Crippen LogP contribution < -0.4 is 10.6 Å². The van der Waals surface area contributed by atoms with Crippen molar-refractivity contribution >= 4 is 22.4 Å². The predicted molar refractivity (Wildman–Crippen MR) is 57.6 cm³/mol. The van der Waals surface area contributed by atoms with Crippen molar-refractivity contribution in [1.29, 1.82) is 0 Å². The van der Waals surface area contributed by atoms with Gasteiger partial charge in [-0.25, -0.2) is 0 Å². The summed E-state index contributed by atoms with van der Waals surface area (Å²) < 4.78 is 6.14. The molecule has 7 heteroatoms. The fourth-order valence-corrected chi connectivity index (χ4v) is 2.38. The number of aromatic nitrogens is 4. The molecule has 3 rings (SSSR count). The van der Waals surface area contributed by atoms with Gasteiger partial charge in [0.05, 0.1) is 6.54 Å². The van der Waals surface area contributed by atoms with Crippen molar-refractivity contribution in [1.82, 2.24) is 19.1 Å². The maximum Gasteiger partial charge on any atom is 0.152 e. The van der Waals surface area contributed by atoms with Crippen LogP contribution in [-0.4, -0.2) is 25.7 Å². The fraction of sp³-hybridized carbons (Fsp3) is 0.375. The van der Waals surface area contributed by atoms with Gasteiger partial charge in [0.15, 0.2) is 5.82 Å². The van der Waals surface area contributed by atoms with Gasteiger partial charge in [0.25, 0.3) is 0 Å². The number of anilines is 2. The Morgan fingerprint density at radius 2 is 2.33 bits per heavy atom. The lowest BCUT2D eigenvalue weighted by atomic mass is 10.3. The van der Waals surface area contributed by atoms with Crippen LogP contribution in [0.4, 0.5) is 10.8 Å². The van der Waals surface area contributed by atoms with Crippen molar-refractivity contribution in [2.24, 2.45) is 0 Å². The molecule has 0 aromatic carbocycles. The SMILES string of the molecule is Nc1cc(N2CCn3cnnc3C2)sn1. The molecule has 2 N–H and O–H groups in total. The van der Waals surface area contributed by atoms with Gasteiger partial charge in [-0.05, 0) is 11.5 Å². The standard InChI is InChI=1S/C8H10N6S/c9-6-3-8(15-12-6)13-1-2-14-5-10-11-7(14)4-13/h3,5H,1-2,4H2,(H2,9,12). The molecule has 1 aliphatic rings. The molecule has 0 unspecified atom stereocenters. The molecule has 0 saturated carbocycles. The molecule has 0 spiro atoms. The highest BCUT2D eigenvalue weighted by Gasteiger charge is 2.18. The highest BCUT2D eigenvalue weighted by molar-refractivity contribution is 7.10. The van der Waals surface area contributed by atoms with E-state index in [1.807, 2.05) is 6.07 Å². The molecule has 0 bridgehead atoms. The maximum absolute atomic E-state index is 5.60. The molecule has 0 saturated heterocycles. The normalized spacial score (nSPS) is 15.3. The molecule has 0 aliphatic carbocycles. The van der Waals surface area contributed by atoms with Crippen LogP contribution in [0.1, 0.15) is 5.82 Å². The van der Waals surface area contributed by atoms with Gasteiger partial charge in [0.1, 0.15) is 17.1 Å². The number of nitrogen functional groups attached to an aromatic ring is 1. The lowest BCUT2D eigenvalue weighted by Gasteiger charge is -2.26. The summed E-state index contributed by atoms with van der Waals surface area (Å²) in [5, 5.41) is 9.05. The van der Waals surface area contributed by atoms with Crippen LogP contribution in [0.15, 0.2) is 12.4 Å². The fourth-order valence-electron chi connectivity index (χ4n) is 1.68. The number of nitrogens with two attached hydrogens (primary N) is 1. The topological polar surface area (TPSA) is 72.9 Å². The van der Waals surface area contributed by atoms with E-state index in [0.717, 1.165) is 30.5 Å². The molecular formula is C8H10N6S. The van der Waals surface area contributed by atoms with E-state index in [-0.39, 0.29) is 0 Å². The zero-order valence-corrected chi connectivity index (χ0v) is 8.81. The monoisotopic (exact) mass is 222 g/mol. The van der Waals surface area contributed by atoms with E-state index in [1.165, 1.54) is 11.5 Å². The molecule has 0 fully saturated rings. The van der Waals surface area contributed by atoms with Crippen LogP contribution in [0, 0.1) is 0 Å². The number of fused-ring (bicyclic) bond motifs is 1. The zero-order valence-electron chi connectivity index (χ0n) is 8.00. The molecule has 2 aromatic heterocycles. The summed E-state index contributed by atoms with van der Waals surface area (Å²) in [5.41, 5.74) is 5.60. The smallest absolute Gasteiger partial charge is 0.152 e. The van der Waals surface area contributed by atoms with Crippen molar-refractivity contribution in [2.75, 3.05) is 17.2 Å². The first-order valence-electron chi connectivity index (χ1n) is 4.67. The Kier molecular flexibility index (Phi) is 1.84. The summed E-state index contributed by atoms with van der Waals surface area (Å²) >= 11 is 1.43. The summed E-state index contributed by atoms with van der Waals surface area (Å²) in [6, 6.07) is 1.90. The van der Waals surface area contributed by atoms with Gasteiger partial charge in [0, 0.05) is 19.2 Å². The van der Waals surface area contributed by atoms with Gasteiger partial charge in [-0.3, -0.25) is 0 Å². The molecule has 0 amide bonds. The van der Waals surface area contributed by atoms with Crippen LogP contribution in [0.5, 0.6) is 0 Å². The minimum absolute atomic E-state index is 0.585. The molecule has 1 aliphatic heterocycles. The zero-order chi connectivity index (χ0) is 10.3. The Hall–Kier alpha value is -1.63. The highest BCUT2D eigenvalue weighted by atomic mass is 32.1. The van der Waals surface area contributed by atoms with Crippen molar-refractivity contribution in [2.45, 2.75) is 13.1 Å². The minimum Gasteiger partial charge on any atom is -0.383 e. The van der Waals surface area contributed by atoms with E-state index < -0.39 is 0 Å². The highest BCUT2D eigenvalue weighted by Crippen LogP contribution is 2.25. The Balaban J connectivity index is 1.87. The Morgan fingerprint density at radius 1 is 1.40 bits per heavy atom. The van der Waals surface area contributed by atoms with Crippen LogP contribution in [-0.2, 0) is 13.1 Å². The molecule has 2 aromatic rings. The summed E-state index contributed by atoms with van der Waals surface area (Å²) in [4.78, 5) is 2.22. The van der Waals surface area contributed by atoms with Gasteiger partial charge in [-0.2, -0.15) is 4.37 Å². The summed E-state index contributed by atoms with van der Waals surface area (Å²) in [7, 11) is 0. The Labute approximate surface area is 90.5 Å². The van der Waals surface area contributed by atoms with Gasteiger partial charge in [-0.1, -0.05) is 0 Å². The Bertz CT molecular complexity index is 475. The first-order valence-corrected chi connectivity index (χ1v) is 5.44. The first kappa shape index (κ1) is 8.66. The Morgan fingerprint density at radius 3 is 3.13 bits per heavy atom. The second-order valence-electron chi connectivity index (χ2n) is 3.45. The molecule has 15 heavy (non-hydrogen) atoms. The van der Waals surface area contributed by atoms with Gasteiger partial charge < -0.3 is 15.2 Å². The lowest BCUT2D eigenvalue weighted by molar-refractivity contribution is 0.562. The van der Waals surface area contributed by atoms with E-state index in [4.69, 9.17) is 5.73 Å². The summed E-state index contributed by atoms with van der Waals surface area (Å²) in [5.74, 6) is 1.58. The largest absolute Gasteiger partial charge is 0.383 e. The van der Waals surface area contributed by atoms with Crippen molar-refractivity contribution < 1.29 is 0 Å². The molecule has 0 atom stereocenters. The number of nitrogens with zero attached hydrogens (tertiary/aromatic N) is 5. The van der Waals surface area contributed by atoms with E-state index >= 15 is 0 Å². The van der Waals surface area contributed by atoms with Crippen LogP contribution in [0.3, 0.4) is 0 Å². The van der Waals surface area contributed by atoms with E-state index in [2.05, 4.69) is 24.0 Å². The van der Waals surface area contributed by atoms with Crippen LogP contribution >= 0.6 is 11.5 Å². The molecule has 6 nitrogen and oxygen atoms in total. The number of hydrogen-bond donors (Lipinski definition) is 1. The molecule has 78 valence electrons. The average molecular weight is 222 g/mol. The second-order valence-corrected chi connectivity index (χ2v) is 4.24. The first-order chi connectivity index (χ1) is 7.33. The molecule has 0 radical (unpaired) electrons. The van der Waals surface area contributed by atoms with Crippen molar-refractivity contribution in [3.05, 3.63) is 18.2 Å². The van der Waals surface area contributed by atoms with E-state index in [9.17, 15) is 0 Å². The van der Waals surface area contributed by atoms with Crippen LogP contribution in [0.25, 0.3) is 0 Å². The molecule has 3 heterocycles. The van der Waals surface area contributed by atoms with Crippen molar-refractivity contribution in [3.8, 4) is 0 Å².